The van der Waals surface area contributed by atoms with Gasteiger partial charge in [0.05, 0.1) is 11.0 Å². The highest BCUT2D eigenvalue weighted by Gasteiger charge is 2.06. The Bertz CT molecular complexity index is 648. The molecule has 0 atom stereocenters. The summed E-state index contributed by atoms with van der Waals surface area (Å²) in [5, 5.41) is 8.20. The molecule has 1 N–H and O–H groups in total. The van der Waals surface area contributed by atoms with Crippen LogP contribution in [-0.2, 0) is 18.5 Å². The molecule has 1 heterocycles. The molecular weight excluding hydrogens is 322 g/mol. The van der Waals surface area contributed by atoms with Gasteiger partial charge in [0.1, 0.15) is 6.73 Å². The molecule has 0 aliphatic carbocycles. The van der Waals surface area contributed by atoms with Crippen LogP contribution >= 0.6 is 12.4 Å². The van der Waals surface area contributed by atoms with Gasteiger partial charge in [0.2, 0.25) is 5.62 Å². The maximum Gasteiger partial charge on any atom is 0.204 e. The Morgan fingerprint density at radius 3 is 2.17 bits per heavy atom. The standard InChI is InChI=1S/C19H31N3O.ClH/c1-3-4-5-6-7-8-9-12-15-23-16-22-18-14-11-10-13-17(18)21(2)19(22)20;/h10-11,13-14,20H,3-9,12,15-16H2,1-2H3;1H. The molecule has 4 nitrogen and oxygen atoms in total. The normalized spacial score (nSPS) is 10.9. The van der Waals surface area contributed by atoms with Gasteiger partial charge in [0.25, 0.3) is 0 Å². The van der Waals surface area contributed by atoms with Crippen LogP contribution in [0.25, 0.3) is 11.0 Å². The number of ether oxygens (including phenoxy) is 1. The largest absolute Gasteiger partial charge is 0.361 e. The molecule has 5 heteroatoms. The van der Waals surface area contributed by atoms with Crippen molar-refractivity contribution >= 4 is 23.4 Å². The van der Waals surface area contributed by atoms with Crippen LogP contribution in [0.4, 0.5) is 0 Å². The summed E-state index contributed by atoms with van der Waals surface area (Å²) in [6.45, 7) is 3.51. The number of hydrogen-bond donors (Lipinski definition) is 1. The predicted molar refractivity (Wildman–Crippen MR) is 103 cm³/mol. The van der Waals surface area contributed by atoms with Crippen LogP contribution in [0.5, 0.6) is 0 Å². The quantitative estimate of drug-likeness (QED) is 0.568. The molecule has 1 aromatic heterocycles. The Balaban J connectivity index is 0.00000288. The Hall–Kier alpha value is -1.26. The lowest BCUT2D eigenvalue weighted by Gasteiger charge is -2.06. The van der Waals surface area contributed by atoms with Crippen LogP contribution in [-0.4, -0.2) is 15.7 Å². The van der Waals surface area contributed by atoms with E-state index in [4.69, 9.17) is 10.1 Å². The summed E-state index contributed by atoms with van der Waals surface area (Å²) in [7, 11) is 1.93. The van der Waals surface area contributed by atoms with Gasteiger partial charge in [-0.3, -0.25) is 9.98 Å². The second-order valence-electron chi connectivity index (χ2n) is 6.31. The minimum Gasteiger partial charge on any atom is -0.361 e. The van der Waals surface area contributed by atoms with E-state index < -0.39 is 0 Å². The number of aryl methyl sites for hydroxylation is 1. The topological polar surface area (TPSA) is 42.9 Å². The fourth-order valence-electron chi connectivity index (χ4n) is 3.01. The Kier molecular flexibility index (Phi) is 9.80. The van der Waals surface area contributed by atoms with E-state index in [0.717, 1.165) is 24.1 Å². The van der Waals surface area contributed by atoms with Gasteiger partial charge in [0, 0.05) is 13.7 Å². The molecule has 0 saturated carbocycles. The lowest BCUT2D eigenvalue weighted by atomic mass is 10.1. The zero-order valence-corrected chi connectivity index (χ0v) is 15.9. The van der Waals surface area contributed by atoms with E-state index in [-0.39, 0.29) is 12.4 Å². The average molecular weight is 354 g/mol. The van der Waals surface area contributed by atoms with E-state index in [1.165, 1.54) is 44.9 Å². The van der Waals surface area contributed by atoms with E-state index in [0.29, 0.717) is 12.3 Å². The third-order valence-corrected chi connectivity index (χ3v) is 4.47. The molecule has 0 fully saturated rings. The molecule has 2 aromatic rings. The summed E-state index contributed by atoms with van der Waals surface area (Å²) in [5.74, 6) is 0. The molecule has 0 aliphatic rings. The summed E-state index contributed by atoms with van der Waals surface area (Å²) in [6.07, 6.45) is 10.5. The van der Waals surface area contributed by atoms with Crippen molar-refractivity contribution in [3.05, 3.63) is 29.9 Å². The lowest BCUT2D eigenvalue weighted by Crippen LogP contribution is -2.23. The highest BCUT2D eigenvalue weighted by molar-refractivity contribution is 5.85. The summed E-state index contributed by atoms with van der Waals surface area (Å²) in [4.78, 5) is 0. The molecule has 24 heavy (non-hydrogen) atoms. The number of benzene rings is 1. The van der Waals surface area contributed by atoms with Crippen molar-refractivity contribution in [1.82, 2.24) is 9.13 Å². The van der Waals surface area contributed by atoms with Crippen molar-refractivity contribution in [3.63, 3.8) is 0 Å². The third-order valence-electron chi connectivity index (χ3n) is 4.47. The number of halogens is 1. The number of para-hydroxylation sites is 2. The molecule has 0 spiro atoms. The van der Waals surface area contributed by atoms with Gasteiger partial charge < -0.3 is 9.30 Å². The predicted octanol–water partition coefficient (Wildman–Crippen LogP) is 5.00. The second kappa shape index (κ2) is 11.3. The first-order valence-corrected chi connectivity index (χ1v) is 9.02. The summed E-state index contributed by atoms with van der Waals surface area (Å²) in [6, 6.07) is 8.11. The Labute approximate surface area is 151 Å². The SMILES string of the molecule is CCCCCCCCCCOCn1c(=N)n(C)c2ccccc21.Cl. The fraction of sp³-hybridized carbons (Fsp3) is 0.632. The van der Waals surface area contributed by atoms with E-state index in [9.17, 15) is 0 Å². The number of unbranched alkanes of at least 4 members (excludes halogenated alkanes) is 7. The van der Waals surface area contributed by atoms with Gasteiger partial charge in [-0.15, -0.1) is 12.4 Å². The van der Waals surface area contributed by atoms with Gasteiger partial charge in [-0.05, 0) is 18.6 Å². The molecule has 0 unspecified atom stereocenters. The molecule has 0 saturated heterocycles. The van der Waals surface area contributed by atoms with Gasteiger partial charge in [-0.25, -0.2) is 0 Å². The smallest absolute Gasteiger partial charge is 0.204 e. The molecule has 1 aromatic carbocycles. The fourth-order valence-corrected chi connectivity index (χ4v) is 3.01. The number of nitrogens with one attached hydrogen (secondary N) is 1. The maximum absolute atomic E-state index is 8.20. The van der Waals surface area contributed by atoms with Gasteiger partial charge >= 0.3 is 0 Å². The van der Waals surface area contributed by atoms with Crippen LogP contribution in [0, 0.1) is 5.41 Å². The van der Waals surface area contributed by atoms with Crippen LogP contribution in [0.1, 0.15) is 58.3 Å². The maximum atomic E-state index is 8.20. The number of fused-ring (bicyclic) bond motifs is 1. The second-order valence-corrected chi connectivity index (χ2v) is 6.31. The Morgan fingerprint density at radius 2 is 1.50 bits per heavy atom. The van der Waals surface area contributed by atoms with Gasteiger partial charge in [-0.1, -0.05) is 64.0 Å². The Morgan fingerprint density at radius 1 is 0.917 bits per heavy atom. The first-order chi connectivity index (χ1) is 11.3. The minimum absolute atomic E-state index is 0. The van der Waals surface area contributed by atoms with E-state index >= 15 is 0 Å². The van der Waals surface area contributed by atoms with Crippen molar-refractivity contribution in [1.29, 1.82) is 5.41 Å². The van der Waals surface area contributed by atoms with Crippen LogP contribution in [0.3, 0.4) is 0 Å². The zero-order valence-electron chi connectivity index (χ0n) is 15.1. The molecule has 0 amide bonds. The van der Waals surface area contributed by atoms with E-state index in [2.05, 4.69) is 6.92 Å². The number of rotatable bonds is 11. The molecule has 2 rings (SSSR count). The van der Waals surface area contributed by atoms with Crippen LogP contribution in [0.15, 0.2) is 24.3 Å². The minimum atomic E-state index is 0. The summed E-state index contributed by atoms with van der Waals surface area (Å²) < 4.78 is 9.63. The first kappa shape index (κ1) is 20.8. The zero-order chi connectivity index (χ0) is 16.5. The summed E-state index contributed by atoms with van der Waals surface area (Å²) in [5.41, 5.74) is 2.63. The monoisotopic (exact) mass is 353 g/mol. The number of hydrogen-bond acceptors (Lipinski definition) is 2. The molecule has 0 aliphatic heterocycles. The third kappa shape index (κ3) is 5.67. The molecule has 0 radical (unpaired) electrons. The number of nitrogens with zero attached hydrogens (tertiary/aromatic N) is 2. The molecule has 0 bridgehead atoms. The number of aromatic nitrogens is 2. The van der Waals surface area contributed by atoms with Gasteiger partial charge in [0.15, 0.2) is 0 Å². The van der Waals surface area contributed by atoms with Crippen molar-refractivity contribution in [2.45, 2.75) is 65.0 Å². The van der Waals surface area contributed by atoms with Crippen molar-refractivity contribution in [3.8, 4) is 0 Å². The van der Waals surface area contributed by atoms with E-state index in [1.807, 2.05) is 40.4 Å². The van der Waals surface area contributed by atoms with Crippen LogP contribution in [0.2, 0.25) is 0 Å². The first-order valence-electron chi connectivity index (χ1n) is 9.02. The lowest BCUT2D eigenvalue weighted by molar-refractivity contribution is 0.0730. The van der Waals surface area contributed by atoms with Crippen molar-refractivity contribution in [2.24, 2.45) is 7.05 Å². The van der Waals surface area contributed by atoms with Crippen molar-refractivity contribution in [2.75, 3.05) is 6.61 Å². The highest BCUT2D eigenvalue weighted by atomic mass is 35.5. The molecule has 136 valence electrons. The number of imidazole rings is 1. The van der Waals surface area contributed by atoms with E-state index in [1.54, 1.807) is 0 Å². The highest BCUT2D eigenvalue weighted by Crippen LogP contribution is 2.12. The average Bonchev–Trinajstić information content (AvgIpc) is 2.81. The van der Waals surface area contributed by atoms with Crippen LogP contribution < -0.4 is 5.62 Å². The summed E-state index contributed by atoms with van der Waals surface area (Å²) >= 11 is 0. The van der Waals surface area contributed by atoms with Crippen molar-refractivity contribution < 1.29 is 4.74 Å². The van der Waals surface area contributed by atoms with Gasteiger partial charge in [-0.2, -0.15) is 0 Å². The molecular formula is C19H32ClN3O.